The summed E-state index contributed by atoms with van der Waals surface area (Å²) in [7, 11) is 0.500. The molecular formula is C28H24ClF2N5O2S. The van der Waals surface area contributed by atoms with Crippen LogP contribution in [0.15, 0.2) is 55.0 Å². The highest BCUT2D eigenvalue weighted by atomic mass is 35.5. The van der Waals surface area contributed by atoms with Gasteiger partial charge in [0.1, 0.15) is 41.3 Å². The van der Waals surface area contributed by atoms with Gasteiger partial charge in [-0.15, -0.1) is 11.3 Å². The van der Waals surface area contributed by atoms with Gasteiger partial charge in [-0.05, 0) is 54.3 Å². The molecular weight excluding hydrogens is 544 g/mol. The number of rotatable bonds is 7. The van der Waals surface area contributed by atoms with Crippen LogP contribution in [0.1, 0.15) is 16.8 Å². The molecule has 0 bridgehead atoms. The van der Waals surface area contributed by atoms with E-state index in [2.05, 4.69) is 25.1 Å². The Morgan fingerprint density at radius 1 is 1.18 bits per heavy atom. The molecule has 0 spiro atoms. The van der Waals surface area contributed by atoms with Crippen molar-refractivity contribution in [1.82, 2.24) is 19.7 Å². The molecule has 39 heavy (non-hydrogen) atoms. The highest BCUT2D eigenvalue weighted by molar-refractivity contribution is 7.22. The first-order valence-electron chi connectivity index (χ1n) is 12.4. The van der Waals surface area contributed by atoms with Gasteiger partial charge in [0.2, 0.25) is 0 Å². The van der Waals surface area contributed by atoms with E-state index in [4.69, 9.17) is 21.1 Å². The lowest BCUT2D eigenvalue weighted by atomic mass is 9.95. The SMILES string of the molecule is CF.Fc1cccc(COc2ccc(Nc3ncnc4sc5c(c34)CCc3c-5cnn3C[C@H]3CO3)cc2Cl)c1. The molecule has 0 unspecified atom stereocenters. The Labute approximate surface area is 232 Å². The van der Waals surface area contributed by atoms with Gasteiger partial charge in [0.25, 0.3) is 0 Å². The van der Waals surface area contributed by atoms with E-state index >= 15 is 0 Å². The minimum Gasteiger partial charge on any atom is -0.487 e. The van der Waals surface area contributed by atoms with Gasteiger partial charge in [-0.1, -0.05) is 23.7 Å². The second-order valence-corrected chi connectivity index (χ2v) is 10.5. The number of aromatic nitrogens is 4. The number of thiophene rings is 1. The largest absolute Gasteiger partial charge is 0.487 e. The summed E-state index contributed by atoms with van der Waals surface area (Å²) in [6.45, 7) is 1.85. The van der Waals surface area contributed by atoms with E-state index in [1.54, 1.807) is 35.9 Å². The molecule has 1 N–H and O–H groups in total. The molecule has 200 valence electrons. The summed E-state index contributed by atoms with van der Waals surface area (Å²) in [4.78, 5) is 11.3. The third kappa shape index (κ3) is 5.19. The zero-order valence-electron chi connectivity index (χ0n) is 21.0. The van der Waals surface area contributed by atoms with Crippen LogP contribution in [0, 0.1) is 5.82 Å². The second kappa shape index (κ2) is 10.9. The number of anilines is 2. The van der Waals surface area contributed by atoms with Crippen molar-refractivity contribution in [2.24, 2.45) is 0 Å². The van der Waals surface area contributed by atoms with Gasteiger partial charge in [0.15, 0.2) is 0 Å². The molecule has 5 aromatic rings. The molecule has 0 amide bonds. The topological polar surface area (TPSA) is 77.4 Å². The fourth-order valence-electron chi connectivity index (χ4n) is 4.79. The number of hydrogen-bond donors (Lipinski definition) is 1. The van der Waals surface area contributed by atoms with E-state index in [0.29, 0.717) is 24.1 Å². The van der Waals surface area contributed by atoms with Crippen molar-refractivity contribution in [2.75, 3.05) is 19.1 Å². The zero-order valence-corrected chi connectivity index (χ0v) is 22.5. The summed E-state index contributed by atoms with van der Waals surface area (Å²) < 4.78 is 36.2. The molecule has 2 aromatic carbocycles. The predicted molar refractivity (Wildman–Crippen MR) is 148 cm³/mol. The van der Waals surface area contributed by atoms with E-state index in [0.717, 1.165) is 53.3 Å². The zero-order chi connectivity index (χ0) is 26.9. The first-order valence-corrected chi connectivity index (χ1v) is 13.6. The lowest BCUT2D eigenvalue weighted by Gasteiger charge is -2.16. The van der Waals surface area contributed by atoms with Crippen molar-refractivity contribution in [1.29, 1.82) is 0 Å². The normalized spacial score (nSPS) is 15.2. The maximum Gasteiger partial charge on any atom is 0.142 e. The molecule has 7 rings (SSSR count). The maximum atomic E-state index is 13.4. The Morgan fingerprint density at radius 3 is 2.85 bits per heavy atom. The summed E-state index contributed by atoms with van der Waals surface area (Å²) in [5.41, 5.74) is 5.21. The van der Waals surface area contributed by atoms with Gasteiger partial charge in [0.05, 0.1) is 36.9 Å². The van der Waals surface area contributed by atoms with Crippen molar-refractivity contribution in [3.8, 4) is 16.2 Å². The Balaban J connectivity index is 0.00000135. The number of epoxide rings is 1. The van der Waals surface area contributed by atoms with Crippen LogP contribution in [-0.4, -0.2) is 39.6 Å². The number of fused-ring (bicyclic) bond motifs is 5. The quantitative estimate of drug-likeness (QED) is 0.219. The summed E-state index contributed by atoms with van der Waals surface area (Å²) in [6, 6.07) is 11.8. The van der Waals surface area contributed by atoms with E-state index in [9.17, 15) is 8.78 Å². The smallest absolute Gasteiger partial charge is 0.142 e. The molecule has 1 fully saturated rings. The lowest BCUT2D eigenvalue weighted by Crippen LogP contribution is -2.12. The average molecular weight is 568 g/mol. The molecule has 11 heteroatoms. The molecule has 1 saturated heterocycles. The maximum absolute atomic E-state index is 13.4. The van der Waals surface area contributed by atoms with Crippen molar-refractivity contribution < 1.29 is 18.3 Å². The molecule has 1 aliphatic carbocycles. The van der Waals surface area contributed by atoms with Crippen LogP contribution in [0.3, 0.4) is 0 Å². The third-order valence-electron chi connectivity index (χ3n) is 6.65. The van der Waals surface area contributed by atoms with Crippen LogP contribution in [0.2, 0.25) is 5.02 Å². The molecule has 4 heterocycles. The van der Waals surface area contributed by atoms with Crippen LogP contribution < -0.4 is 10.1 Å². The highest BCUT2D eigenvalue weighted by Crippen LogP contribution is 2.45. The number of alkyl halides is 1. The van der Waals surface area contributed by atoms with Crippen LogP contribution in [0.5, 0.6) is 5.75 Å². The van der Waals surface area contributed by atoms with E-state index < -0.39 is 0 Å². The fraction of sp³-hybridized carbons (Fsp3) is 0.250. The van der Waals surface area contributed by atoms with Crippen LogP contribution in [0.4, 0.5) is 20.3 Å². The minimum atomic E-state index is -0.295. The molecule has 7 nitrogen and oxygen atoms in total. The number of ether oxygens (including phenoxy) is 2. The number of nitrogens with zero attached hydrogens (tertiary/aromatic N) is 4. The fourth-order valence-corrected chi connectivity index (χ4v) is 6.25. The number of aryl methyl sites for hydroxylation is 1. The van der Waals surface area contributed by atoms with Crippen molar-refractivity contribution in [3.05, 3.63) is 82.6 Å². The van der Waals surface area contributed by atoms with Gasteiger partial charge in [-0.25, -0.2) is 14.4 Å². The summed E-state index contributed by atoms with van der Waals surface area (Å²) in [5, 5.41) is 9.56. The average Bonchev–Trinajstić information content (AvgIpc) is 3.54. The van der Waals surface area contributed by atoms with Crippen molar-refractivity contribution in [2.45, 2.75) is 32.1 Å². The number of hydrogen-bond acceptors (Lipinski definition) is 7. The first kappa shape index (κ1) is 25.7. The van der Waals surface area contributed by atoms with Gasteiger partial charge < -0.3 is 14.8 Å². The van der Waals surface area contributed by atoms with Crippen LogP contribution >= 0.6 is 22.9 Å². The minimum absolute atomic E-state index is 0.226. The Hall–Kier alpha value is -3.60. The molecule has 2 aliphatic rings. The number of benzene rings is 2. The first-order chi connectivity index (χ1) is 19.1. The molecule has 0 saturated carbocycles. The monoisotopic (exact) mass is 567 g/mol. The summed E-state index contributed by atoms with van der Waals surface area (Å²) in [6.07, 6.45) is 5.65. The van der Waals surface area contributed by atoms with E-state index in [1.165, 1.54) is 33.8 Å². The number of halogens is 3. The Morgan fingerprint density at radius 2 is 2.05 bits per heavy atom. The second-order valence-electron chi connectivity index (χ2n) is 9.14. The summed E-state index contributed by atoms with van der Waals surface area (Å²) in [5.74, 6) is 0.976. The summed E-state index contributed by atoms with van der Waals surface area (Å²) >= 11 is 8.19. The number of nitrogens with one attached hydrogen (secondary N) is 1. The lowest BCUT2D eigenvalue weighted by molar-refractivity contribution is 0.306. The molecule has 1 atom stereocenters. The van der Waals surface area contributed by atoms with Gasteiger partial charge in [-0.3, -0.25) is 9.07 Å². The Kier molecular flexibility index (Phi) is 7.16. The standard InChI is InChI=1S/C27H21ClFN5O2S.CH3F/c28-21-9-17(4-7-23(21)36-12-15-2-1-3-16(29)8-15)33-26-24-19-5-6-22-20(10-32-34(22)11-18-13-35-18)25(19)37-27(24)31-14-30-26;1-2/h1-4,7-10,14,18H,5-6,11-13H2,(H,30,31,33);1H3/t18-;/m0./s1. The Bertz CT molecular complexity index is 1650. The third-order valence-corrected chi connectivity index (χ3v) is 8.12. The van der Waals surface area contributed by atoms with Gasteiger partial charge in [-0.2, -0.15) is 5.10 Å². The van der Waals surface area contributed by atoms with E-state index in [1.807, 2.05) is 18.3 Å². The van der Waals surface area contributed by atoms with Crippen LogP contribution in [-0.2, 0) is 30.7 Å². The molecule has 0 radical (unpaired) electrons. The molecule has 1 aliphatic heterocycles. The van der Waals surface area contributed by atoms with Gasteiger partial charge in [0, 0.05) is 21.8 Å². The molecule has 3 aromatic heterocycles. The van der Waals surface area contributed by atoms with Crippen LogP contribution in [0.25, 0.3) is 20.7 Å². The van der Waals surface area contributed by atoms with Crippen molar-refractivity contribution >= 4 is 44.7 Å². The predicted octanol–water partition coefficient (Wildman–Crippen LogP) is 6.75. The van der Waals surface area contributed by atoms with E-state index in [-0.39, 0.29) is 12.4 Å². The van der Waals surface area contributed by atoms with Crippen molar-refractivity contribution in [3.63, 3.8) is 0 Å². The van der Waals surface area contributed by atoms with Gasteiger partial charge >= 0.3 is 0 Å². The highest BCUT2D eigenvalue weighted by Gasteiger charge is 2.30.